The molecule has 21 heavy (non-hydrogen) atoms. The molecule has 1 N–H and O–H groups in total. The van der Waals surface area contributed by atoms with E-state index in [-0.39, 0.29) is 5.60 Å². The van der Waals surface area contributed by atoms with E-state index in [1.54, 1.807) is 0 Å². The number of aryl methyl sites for hydroxylation is 1. The molecule has 1 aliphatic heterocycles. The lowest BCUT2D eigenvalue weighted by Crippen LogP contribution is -2.47. The highest BCUT2D eigenvalue weighted by Crippen LogP contribution is 2.28. The van der Waals surface area contributed by atoms with Crippen molar-refractivity contribution in [3.8, 4) is 0 Å². The van der Waals surface area contributed by atoms with Crippen molar-refractivity contribution in [2.75, 3.05) is 32.1 Å². The molecule has 1 saturated heterocycles. The van der Waals surface area contributed by atoms with Gasteiger partial charge in [0, 0.05) is 32.4 Å². The summed E-state index contributed by atoms with van der Waals surface area (Å²) in [4.78, 5) is 7.25. The van der Waals surface area contributed by atoms with Gasteiger partial charge in [0.2, 0.25) is 0 Å². The number of hydrogen-bond acceptors (Lipinski definition) is 4. The lowest BCUT2D eigenvalue weighted by Gasteiger charge is -2.40. The summed E-state index contributed by atoms with van der Waals surface area (Å²) in [6, 6.07) is 4.44. The second kappa shape index (κ2) is 7.23. The average Bonchev–Trinajstić information content (AvgIpc) is 2.48. The summed E-state index contributed by atoms with van der Waals surface area (Å²) in [5.74, 6) is 1.11. The van der Waals surface area contributed by atoms with Gasteiger partial charge in [0.05, 0.1) is 5.60 Å². The highest BCUT2D eigenvalue weighted by atomic mass is 16.5. The Kier molecular flexibility index (Phi) is 5.59. The Morgan fingerprint density at radius 2 is 2.24 bits per heavy atom. The fourth-order valence-corrected chi connectivity index (χ4v) is 3.05. The molecule has 1 atom stereocenters. The van der Waals surface area contributed by atoms with Crippen LogP contribution in [0.15, 0.2) is 12.1 Å². The lowest BCUT2D eigenvalue weighted by atomic mass is 9.94. The van der Waals surface area contributed by atoms with Crippen LogP contribution >= 0.6 is 0 Å². The van der Waals surface area contributed by atoms with E-state index in [2.05, 4.69) is 36.2 Å². The molecule has 1 fully saturated rings. The second-order valence-corrected chi connectivity index (χ2v) is 6.28. The molecule has 0 saturated carbocycles. The first-order valence-corrected chi connectivity index (χ1v) is 8.05. The van der Waals surface area contributed by atoms with E-state index >= 15 is 0 Å². The van der Waals surface area contributed by atoms with Gasteiger partial charge in [-0.25, -0.2) is 4.98 Å². The van der Waals surface area contributed by atoms with Gasteiger partial charge in [-0.15, -0.1) is 0 Å². The Morgan fingerprint density at radius 1 is 1.43 bits per heavy atom. The predicted molar refractivity (Wildman–Crippen MR) is 87.9 cm³/mol. The molecule has 2 heterocycles. The van der Waals surface area contributed by atoms with Crippen LogP contribution in [0.1, 0.15) is 44.4 Å². The fraction of sp³-hybridized carbons (Fsp3) is 0.706. The van der Waals surface area contributed by atoms with Gasteiger partial charge < -0.3 is 15.0 Å². The van der Waals surface area contributed by atoms with E-state index < -0.39 is 0 Å². The molecule has 4 heteroatoms. The van der Waals surface area contributed by atoms with E-state index in [0.717, 1.165) is 51.1 Å². The first kappa shape index (κ1) is 16.2. The molecule has 0 aromatic carbocycles. The van der Waals surface area contributed by atoms with Crippen molar-refractivity contribution in [3.05, 3.63) is 23.4 Å². The average molecular weight is 291 g/mol. The summed E-state index contributed by atoms with van der Waals surface area (Å²) in [7, 11) is 3.80. The highest BCUT2D eigenvalue weighted by Gasteiger charge is 2.31. The third kappa shape index (κ3) is 4.17. The zero-order chi connectivity index (χ0) is 15.3. The number of aromatic nitrogens is 1. The standard InChI is InChI=1S/C17H29N3O/c1-5-7-15-10-14(12-18-3)11-16(19-15)20-9-6-8-17(2,13-20)21-4/h10-11,18H,5-9,12-13H2,1-4H3. The number of methoxy groups -OCH3 is 1. The van der Waals surface area contributed by atoms with E-state index in [9.17, 15) is 0 Å². The fourth-order valence-electron chi connectivity index (χ4n) is 3.05. The van der Waals surface area contributed by atoms with Crippen molar-refractivity contribution in [1.82, 2.24) is 10.3 Å². The van der Waals surface area contributed by atoms with Gasteiger partial charge in [-0.2, -0.15) is 0 Å². The zero-order valence-electron chi connectivity index (χ0n) is 13.9. The molecule has 2 rings (SSSR count). The van der Waals surface area contributed by atoms with Crippen LogP contribution in [-0.4, -0.2) is 37.8 Å². The highest BCUT2D eigenvalue weighted by molar-refractivity contribution is 5.44. The topological polar surface area (TPSA) is 37.4 Å². The van der Waals surface area contributed by atoms with E-state index in [0.29, 0.717) is 0 Å². The molecular weight excluding hydrogens is 262 g/mol. The molecule has 0 radical (unpaired) electrons. The van der Waals surface area contributed by atoms with Crippen LogP contribution in [0.3, 0.4) is 0 Å². The van der Waals surface area contributed by atoms with Gasteiger partial charge in [0.25, 0.3) is 0 Å². The Hall–Kier alpha value is -1.13. The molecule has 1 aliphatic rings. The van der Waals surface area contributed by atoms with Crippen LogP contribution in [0.25, 0.3) is 0 Å². The van der Waals surface area contributed by atoms with Crippen LogP contribution in [0.5, 0.6) is 0 Å². The monoisotopic (exact) mass is 291 g/mol. The summed E-state index contributed by atoms with van der Waals surface area (Å²) in [6.45, 7) is 7.28. The number of pyridine rings is 1. The van der Waals surface area contributed by atoms with Gasteiger partial charge >= 0.3 is 0 Å². The van der Waals surface area contributed by atoms with Crippen LogP contribution in [0, 0.1) is 0 Å². The molecule has 118 valence electrons. The maximum absolute atomic E-state index is 5.70. The van der Waals surface area contributed by atoms with Crippen LogP contribution < -0.4 is 10.2 Å². The molecule has 1 aromatic heterocycles. The van der Waals surface area contributed by atoms with Crippen LogP contribution in [-0.2, 0) is 17.7 Å². The Morgan fingerprint density at radius 3 is 2.90 bits per heavy atom. The van der Waals surface area contributed by atoms with Crippen molar-refractivity contribution in [2.24, 2.45) is 0 Å². The molecule has 0 aliphatic carbocycles. The largest absolute Gasteiger partial charge is 0.377 e. The van der Waals surface area contributed by atoms with Crippen molar-refractivity contribution in [2.45, 2.75) is 51.7 Å². The normalized spacial score (nSPS) is 22.6. The second-order valence-electron chi connectivity index (χ2n) is 6.28. The number of anilines is 1. The Balaban J connectivity index is 2.24. The first-order valence-electron chi connectivity index (χ1n) is 8.05. The zero-order valence-corrected chi connectivity index (χ0v) is 13.9. The van der Waals surface area contributed by atoms with Gasteiger partial charge in [-0.05, 0) is 50.9 Å². The van der Waals surface area contributed by atoms with E-state index in [4.69, 9.17) is 9.72 Å². The van der Waals surface area contributed by atoms with E-state index in [1.165, 1.54) is 11.3 Å². The molecule has 0 bridgehead atoms. The number of ether oxygens (including phenoxy) is 1. The molecule has 4 nitrogen and oxygen atoms in total. The minimum Gasteiger partial charge on any atom is -0.377 e. The summed E-state index contributed by atoms with van der Waals surface area (Å²) in [5, 5.41) is 3.24. The number of hydrogen-bond donors (Lipinski definition) is 1. The number of nitrogens with one attached hydrogen (secondary N) is 1. The van der Waals surface area contributed by atoms with E-state index in [1.807, 2.05) is 14.2 Å². The van der Waals surface area contributed by atoms with Gasteiger partial charge in [0.1, 0.15) is 5.82 Å². The number of piperidine rings is 1. The Bertz CT molecular complexity index is 439. The predicted octanol–water partition coefficient (Wildman–Crippen LogP) is 2.76. The van der Waals surface area contributed by atoms with Crippen LogP contribution in [0.4, 0.5) is 5.82 Å². The smallest absolute Gasteiger partial charge is 0.129 e. The number of rotatable bonds is 6. The van der Waals surface area contributed by atoms with Gasteiger partial charge in [0.15, 0.2) is 0 Å². The summed E-state index contributed by atoms with van der Waals surface area (Å²) < 4.78 is 5.70. The van der Waals surface area contributed by atoms with Crippen molar-refractivity contribution >= 4 is 5.82 Å². The maximum atomic E-state index is 5.70. The molecule has 0 spiro atoms. The van der Waals surface area contributed by atoms with Crippen molar-refractivity contribution < 1.29 is 4.74 Å². The minimum absolute atomic E-state index is 0.0517. The minimum atomic E-state index is -0.0517. The lowest BCUT2D eigenvalue weighted by molar-refractivity contribution is -0.00482. The van der Waals surface area contributed by atoms with Crippen LogP contribution in [0.2, 0.25) is 0 Å². The maximum Gasteiger partial charge on any atom is 0.129 e. The molecular formula is C17H29N3O. The third-order valence-electron chi connectivity index (χ3n) is 4.29. The first-order chi connectivity index (χ1) is 10.1. The third-order valence-corrected chi connectivity index (χ3v) is 4.29. The SMILES string of the molecule is CCCc1cc(CNC)cc(N2CCCC(C)(OC)C2)n1. The van der Waals surface area contributed by atoms with Gasteiger partial charge in [-0.3, -0.25) is 0 Å². The molecule has 0 amide bonds. The summed E-state index contributed by atoms with van der Waals surface area (Å²) >= 11 is 0. The summed E-state index contributed by atoms with van der Waals surface area (Å²) in [6.07, 6.45) is 4.45. The Labute approximate surface area is 128 Å². The molecule has 1 aromatic rings. The quantitative estimate of drug-likeness (QED) is 0.874. The molecule has 1 unspecified atom stereocenters. The van der Waals surface area contributed by atoms with Gasteiger partial charge in [-0.1, -0.05) is 13.3 Å². The summed E-state index contributed by atoms with van der Waals surface area (Å²) in [5.41, 5.74) is 2.46. The number of nitrogens with zero attached hydrogens (tertiary/aromatic N) is 2. The van der Waals surface area contributed by atoms with Crippen molar-refractivity contribution in [1.29, 1.82) is 0 Å². The van der Waals surface area contributed by atoms with Crippen molar-refractivity contribution in [3.63, 3.8) is 0 Å².